The van der Waals surface area contributed by atoms with Crippen LogP contribution in [-0.4, -0.2) is 47.4 Å². The number of hydrogen-bond acceptors (Lipinski definition) is 5. The van der Waals surface area contributed by atoms with Crippen molar-refractivity contribution in [3.63, 3.8) is 0 Å². The minimum atomic E-state index is -0.681. The van der Waals surface area contributed by atoms with E-state index in [0.29, 0.717) is 25.9 Å². The Labute approximate surface area is 385 Å². The van der Waals surface area contributed by atoms with E-state index in [1.165, 1.54) is 167 Å². The second-order valence-electron chi connectivity index (χ2n) is 18.6. The summed E-state index contributed by atoms with van der Waals surface area (Å²) in [4.78, 5) is 24.5. The molecule has 0 radical (unpaired) electrons. The van der Waals surface area contributed by atoms with Gasteiger partial charge in [0.1, 0.15) is 0 Å². The smallest absolute Gasteiger partial charge is 0.305 e. The van der Waals surface area contributed by atoms with Crippen molar-refractivity contribution in [2.24, 2.45) is 0 Å². The molecule has 1 amide bonds. The number of unbranched alkanes of at least 4 members (excludes halogenated alkanes) is 33. The van der Waals surface area contributed by atoms with Crippen molar-refractivity contribution in [3.8, 4) is 0 Å². The zero-order valence-corrected chi connectivity index (χ0v) is 41.4. The summed E-state index contributed by atoms with van der Waals surface area (Å²) < 4.78 is 5.45. The van der Waals surface area contributed by atoms with E-state index in [9.17, 15) is 19.8 Å². The minimum Gasteiger partial charge on any atom is -0.466 e. The molecule has 0 aliphatic rings. The lowest BCUT2D eigenvalue weighted by Crippen LogP contribution is -2.45. The zero-order chi connectivity index (χ0) is 45.1. The third kappa shape index (κ3) is 47.6. The first-order chi connectivity index (χ1) is 30.5. The number of esters is 1. The maximum Gasteiger partial charge on any atom is 0.305 e. The van der Waals surface area contributed by atoms with Gasteiger partial charge in [-0.3, -0.25) is 9.59 Å². The summed E-state index contributed by atoms with van der Waals surface area (Å²) in [6, 6.07) is -0.561. The molecule has 0 rings (SSSR count). The number of carbonyl (C=O) groups is 2. The number of carbonyl (C=O) groups excluding carboxylic acids is 2. The number of aliphatic hydroxyl groups excluding tert-OH is 2. The fourth-order valence-electron chi connectivity index (χ4n) is 8.19. The van der Waals surface area contributed by atoms with Gasteiger partial charge in [-0.1, -0.05) is 217 Å². The monoisotopic (exact) mass is 872 g/mol. The van der Waals surface area contributed by atoms with Gasteiger partial charge in [-0.2, -0.15) is 0 Å². The molecule has 6 heteroatoms. The van der Waals surface area contributed by atoms with Crippen LogP contribution in [0, 0.1) is 0 Å². The summed E-state index contributed by atoms with van der Waals surface area (Å²) in [7, 11) is 0. The number of allylic oxidation sites excluding steroid dienone is 6. The van der Waals surface area contributed by atoms with Crippen LogP contribution in [0.15, 0.2) is 36.5 Å². The summed E-state index contributed by atoms with van der Waals surface area (Å²) in [6.07, 6.45) is 62.6. The lowest BCUT2D eigenvalue weighted by molar-refractivity contribution is -0.143. The molecular weight excluding hydrogens is 767 g/mol. The number of ether oxygens (including phenoxy) is 1. The first-order valence-electron chi connectivity index (χ1n) is 27.2. The average molecular weight is 872 g/mol. The molecule has 0 aliphatic heterocycles. The maximum absolute atomic E-state index is 12.5. The zero-order valence-electron chi connectivity index (χ0n) is 41.4. The van der Waals surface area contributed by atoms with Crippen molar-refractivity contribution >= 4 is 11.9 Å². The highest BCUT2D eigenvalue weighted by molar-refractivity contribution is 5.76. The van der Waals surface area contributed by atoms with Gasteiger partial charge in [-0.15, -0.1) is 0 Å². The predicted molar refractivity (Wildman–Crippen MR) is 269 cm³/mol. The topological polar surface area (TPSA) is 95.9 Å². The molecule has 364 valence electrons. The lowest BCUT2D eigenvalue weighted by Gasteiger charge is -2.22. The SMILES string of the molecule is CCCCCC/C=C\C/C=C\CCCCCCCCCC(=O)OCCCCC/C=C\CCCCCCCC(=O)NC(CO)C(O)CCCCCCCCCCCCCCCCC. The summed E-state index contributed by atoms with van der Waals surface area (Å²) in [6.45, 7) is 4.87. The third-order valence-corrected chi connectivity index (χ3v) is 12.4. The second-order valence-corrected chi connectivity index (χ2v) is 18.6. The molecule has 0 aromatic heterocycles. The lowest BCUT2D eigenvalue weighted by atomic mass is 10.0. The molecule has 3 N–H and O–H groups in total. The summed E-state index contributed by atoms with van der Waals surface area (Å²) in [5.74, 6) is -0.0913. The van der Waals surface area contributed by atoms with Crippen LogP contribution < -0.4 is 5.32 Å². The van der Waals surface area contributed by atoms with Gasteiger partial charge in [0.05, 0.1) is 25.4 Å². The second kappa shape index (κ2) is 51.7. The van der Waals surface area contributed by atoms with Crippen LogP contribution in [-0.2, 0) is 14.3 Å². The molecule has 0 aliphatic carbocycles. The molecule has 0 saturated carbocycles. The van der Waals surface area contributed by atoms with E-state index in [1.807, 2.05) is 0 Å². The van der Waals surface area contributed by atoms with Crippen LogP contribution in [0.4, 0.5) is 0 Å². The molecule has 0 heterocycles. The fourth-order valence-corrected chi connectivity index (χ4v) is 8.19. The highest BCUT2D eigenvalue weighted by atomic mass is 16.5. The quantitative estimate of drug-likeness (QED) is 0.0321. The Bertz CT molecular complexity index is 1010. The summed E-state index contributed by atoms with van der Waals surface area (Å²) in [5, 5.41) is 23.2. The first-order valence-corrected chi connectivity index (χ1v) is 27.2. The molecule has 2 atom stereocenters. The highest BCUT2D eigenvalue weighted by Gasteiger charge is 2.20. The molecule has 0 spiro atoms. The van der Waals surface area contributed by atoms with Gasteiger partial charge in [0, 0.05) is 12.8 Å². The molecular formula is C56H105NO5. The van der Waals surface area contributed by atoms with Gasteiger partial charge in [-0.05, 0) is 89.9 Å². The first kappa shape index (κ1) is 60.1. The van der Waals surface area contributed by atoms with Gasteiger partial charge >= 0.3 is 5.97 Å². The fraction of sp³-hybridized carbons (Fsp3) is 0.857. The highest BCUT2D eigenvalue weighted by Crippen LogP contribution is 2.16. The predicted octanol–water partition coefficient (Wildman–Crippen LogP) is 16.5. The largest absolute Gasteiger partial charge is 0.466 e. The Morgan fingerprint density at radius 1 is 0.452 bits per heavy atom. The Morgan fingerprint density at radius 2 is 0.806 bits per heavy atom. The molecule has 0 bridgehead atoms. The van der Waals surface area contributed by atoms with Crippen molar-refractivity contribution in [2.75, 3.05) is 13.2 Å². The van der Waals surface area contributed by atoms with Crippen molar-refractivity contribution in [3.05, 3.63) is 36.5 Å². The summed E-state index contributed by atoms with van der Waals surface area (Å²) >= 11 is 0. The number of aliphatic hydroxyl groups is 2. The molecule has 0 fully saturated rings. The van der Waals surface area contributed by atoms with Gasteiger partial charge in [0.2, 0.25) is 5.91 Å². The molecule has 0 aromatic rings. The summed E-state index contributed by atoms with van der Waals surface area (Å²) in [5.41, 5.74) is 0. The van der Waals surface area contributed by atoms with Crippen molar-refractivity contribution < 1.29 is 24.5 Å². The normalized spacial score (nSPS) is 12.9. The minimum absolute atomic E-state index is 0.0302. The third-order valence-electron chi connectivity index (χ3n) is 12.4. The van der Waals surface area contributed by atoms with Crippen LogP contribution in [0.1, 0.15) is 284 Å². The Kier molecular flexibility index (Phi) is 50.1. The van der Waals surface area contributed by atoms with E-state index in [1.54, 1.807) is 0 Å². The van der Waals surface area contributed by atoms with E-state index < -0.39 is 12.1 Å². The molecule has 6 nitrogen and oxygen atoms in total. The maximum atomic E-state index is 12.5. The van der Waals surface area contributed by atoms with E-state index in [2.05, 4.69) is 55.6 Å². The number of rotatable bonds is 50. The number of amides is 1. The van der Waals surface area contributed by atoms with Crippen molar-refractivity contribution in [1.29, 1.82) is 0 Å². The van der Waals surface area contributed by atoms with Crippen molar-refractivity contribution in [1.82, 2.24) is 5.32 Å². The molecule has 0 saturated heterocycles. The van der Waals surface area contributed by atoms with Crippen molar-refractivity contribution in [2.45, 2.75) is 296 Å². The van der Waals surface area contributed by atoms with Gasteiger partial charge in [-0.25, -0.2) is 0 Å². The molecule has 0 aromatic carbocycles. The van der Waals surface area contributed by atoms with Gasteiger partial charge < -0.3 is 20.3 Å². The van der Waals surface area contributed by atoms with E-state index >= 15 is 0 Å². The number of nitrogens with one attached hydrogen (secondary N) is 1. The molecule has 2 unspecified atom stereocenters. The van der Waals surface area contributed by atoms with E-state index in [-0.39, 0.29) is 18.5 Å². The van der Waals surface area contributed by atoms with E-state index in [0.717, 1.165) is 83.5 Å². The van der Waals surface area contributed by atoms with Gasteiger partial charge in [0.25, 0.3) is 0 Å². The van der Waals surface area contributed by atoms with Crippen LogP contribution in [0.25, 0.3) is 0 Å². The van der Waals surface area contributed by atoms with Crippen LogP contribution in [0.2, 0.25) is 0 Å². The number of hydrogen-bond donors (Lipinski definition) is 3. The Balaban J connectivity index is 3.50. The van der Waals surface area contributed by atoms with Crippen LogP contribution in [0.3, 0.4) is 0 Å². The Hall–Kier alpha value is -1.92. The van der Waals surface area contributed by atoms with Crippen LogP contribution in [0.5, 0.6) is 0 Å². The molecule has 62 heavy (non-hydrogen) atoms. The van der Waals surface area contributed by atoms with Crippen LogP contribution >= 0.6 is 0 Å². The average Bonchev–Trinajstić information content (AvgIpc) is 3.27. The Morgan fingerprint density at radius 3 is 1.26 bits per heavy atom. The standard InChI is InChI=1S/C56H105NO5/c1-3-5-7-9-11-13-15-17-19-20-21-23-25-30-34-38-42-46-50-56(61)62-51-47-43-39-35-31-27-26-29-33-37-41-45-49-55(60)57-53(52-58)54(59)48-44-40-36-32-28-24-22-18-16-14-12-10-8-6-4-2/h13,15,19-20,27,31,53-54,58-59H,3-12,14,16-18,21-26,28-30,32-52H2,1-2H3,(H,57,60)/b15-13-,20-19-,31-27-. The van der Waals surface area contributed by atoms with Gasteiger partial charge in [0.15, 0.2) is 0 Å². The van der Waals surface area contributed by atoms with E-state index in [4.69, 9.17) is 4.74 Å².